The number of benzene rings is 4. The third kappa shape index (κ3) is 7.92. The predicted octanol–water partition coefficient (Wildman–Crippen LogP) is 7.20. The number of carbonyl (C=O) groups is 2. The first-order chi connectivity index (χ1) is 22.1. The zero-order chi connectivity index (χ0) is 32.7. The van der Waals surface area contributed by atoms with Crippen molar-refractivity contribution < 1.29 is 18.0 Å². The summed E-state index contributed by atoms with van der Waals surface area (Å²) in [4.78, 5) is 30.3. The highest BCUT2D eigenvalue weighted by Gasteiger charge is 2.36. The van der Waals surface area contributed by atoms with Gasteiger partial charge in [0.05, 0.1) is 20.6 Å². The number of carbonyl (C=O) groups excluding carboxylic acids is 2. The van der Waals surface area contributed by atoms with E-state index in [2.05, 4.69) is 5.32 Å². The largest absolute Gasteiger partial charge is 0.352 e. The summed E-state index contributed by atoms with van der Waals surface area (Å²) < 4.78 is 29.3. The monoisotopic (exact) mass is 677 g/mol. The van der Waals surface area contributed by atoms with Crippen molar-refractivity contribution in [2.45, 2.75) is 62.6 Å². The van der Waals surface area contributed by atoms with Crippen LogP contribution in [0, 0.1) is 6.92 Å². The highest BCUT2D eigenvalue weighted by molar-refractivity contribution is 7.92. The fourth-order valence-electron chi connectivity index (χ4n) is 5.81. The van der Waals surface area contributed by atoms with Gasteiger partial charge in [0.2, 0.25) is 11.8 Å². The van der Waals surface area contributed by atoms with Crippen LogP contribution in [0.15, 0.2) is 108 Å². The number of anilines is 1. The first kappa shape index (κ1) is 33.5. The smallest absolute Gasteiger partial charge is 0.264 e. The molecule has 0 spiro atoms. The Bertz CT molecular complexity index is 1760. The standard InChI is InChI=1S/C36H37Cl2N3O4S/c1-26-13-8-9-16-28(26)24-40(33(23-27-14-4-2-5-15-27)36(43)39-29-17-10-11-18-29)34(42)25-41(32-22-12-21-31(37)35(32)38)46(44,45)30-19-6-3-7-20-30/h2-9,12-16,19-22,29,33H,10-11,17-18,23-25H2,1H3,(H,39,43)/t33-/m0/s1. The summed E-state index contributed by atoms with van der Waals surface area (Å²) in [5.74, 6) is -0.822. The van der Waals surface area contributed by atoms with E-state index in [1.807, 2.05) is 61.5 Å². The maximum atomic E-state index is 14.7. The Morgan fingerprint density at radius 3 is 2.15 bits per heavy atom. The molecule has 1 saturated carbocycles. The maximum Gasteiger partial charge on any atom is 0.264 e. The van der Waals surface area contributed by atoms with Crippen molar-refractivity contribution in [1.29, 1.82) is 0 Å². The summed E-state index contributed by atoms with van der Waals surface area (Å²) in [5.41, 5.74) is 2.74. The van der Waals surface area contributed by atoms with Gasteiger partial charge in [-0.05, 0) is 60.7 Å². The number of amides is 2. The zero-order valence-electron chi connectivity index (χ0n) is 25.6. The normalized spacial score (nSPS) is 14.1. The van der Waals surface area contributed by atoms with Crippen molar-refractivity contribution in [1.82, 2.24) is 10.2 Å². The predicted molar refractivity (Wildman–Crippen MR) is 183 cm³/mol. The molecular formula is C36H37Cl2N3O4S. The van der Waals surface area contributed by atoms with Crippen molar-refractivity contribution in [3.63, 3.8) is 0 Å². The van der Waals surface area contributed by atoms with E-state index in [1.165, 1.54) is 23.1 Å². The molecule has 0 saturated heterocycles. The first-order valence-corrected chi connectivity index (χ1v) is 17.5. The van der Waals surface area contributed by atoms with Gasteiger partial charge < -0.3 is 10.2 Å². The number of rotatable bonds is 12. The SMILES string of the molecule is Cc1ccccc1CN(C(=O)CN(c1cccc(Cl)c1Cl)S(=O)(=O)c1ccccc1)[C@@H](Cc1ccccc1)C(=O)NC1CCCC1. The molecule has 4 aromatic rings. The molecule has 0 aliphatic heterocycles. The molecule has 1 aliphatic rings. The van der Waals surface area contributed by atoms with E-state index in [0.29, 0.717) is 0 Å². The number of aryl methyl sites for hydroxylation is 1. The van der Waals surface area contributed by atoms with Gasteiger partial charge in [-0.25, -0.2) is 8.42 Å². The molecule has 7 nitrogen and oxygen atoms in total. The maximum absolute atomic E-state index is 14.7. The van der Waals surface area contributed by atoms with Crippen LogP contribution in [0.2, 0.25) is 10.0 Å². The lowest BCUT2D eigenvalue weighted by Gasteiger charge is -2.35. The molecule has 0 bridgehead atoms. The lowest BCUT2D eigenvalue weighted by atomic mass is 10.0. The van der Waals surface area contributed by atoms with Crippen LogP contribution >= 0.6 is 23.2 Å². The van der Waals surface area contributed by atoms with Gasteiger partial charge in [-0.1, -0.05) is 115 Å². The molecule has 240 valence electrons. The van der Waals surface area contributed by atoms with Gasteiger partial charge in [0.15, 0.2) is 0 Å². The second-order valence-electron chi connectivity index (χ2n) is 11.5. The lowest BCUT2D eigenvalue weighted by Crippen LogP contribution is -2.54. The van der Waals surface area contributed by atoms with Crippen LogP contribution in [-0.2, 0) is 32.6 Å². The Morgan fingerprint density at radius 1 is 0.848 bits per heavy atom. The molecule has 0 heterocycles. The molecule has 46 heavy (non-hydrogen) atoms. The Hall–Kier alpha value is -3.85. The summed E-state index contributed by atoms with van der Waals surface area (Å²) in [5, 5.41) is 3.34. The number of halogens is 2. The first-order valence-electron chi connectivity index (χ1n) is 15.3. The molecule has 2 amide bonds. The van der Waals surface area contributed by atoms with Gasteiger partial charge in [0, 0.05) is 19.0 Å². The van der Waals surface area contributed by atoms with Crippen molar-refractivity contribution >= 4 is 50.7 Å². The van der Waals surface area contributed by atoms with Gasteiger partial charge in [0.25, 0.3) is 10.0 Å². The minimum Gasteiger partial charge on any atom is -0.352 e. The van der Waals surface area contributed by atoms with Crippen molar-refractivity contribution in [2.75, 3.05) is 10.8 Å². The van der Waals surface area contributed by atoms with Crippen LogP contribution in [0.4, 0.5) is 5.69 Å². The van der Waals surface area contributed by atoms with Crippen LogP contribution in [0.5, 0.6) is 0 Å². The van der Waals surface area contributed by atoms with Gasteiger partial charge in [-0.2, -0.15) is 0 Å². The quantitative estimate of drug-likeness (QED) is 0.172. The Balaban J connectivity index is 1.59. The van der Waals surface area contributed by atoms with E-state index in [9.17, 15) is 18.0 Å². The second kappa shape index (κ2) is 15.2. The molecule has 0 unspecified atom stereocenters. The molecule has 1 N–H and O–H groups in total. The average Bonchev–Trinajstić information content (AvgIpc) is 3.57. The number of hydrogen-bond acceptors (Lipinski definition) is 4. The third-order valence-corrected chi connectivity index (χ3v) is 11.0. The molecule has 1 fully saturated rings. The molecule has 1 atom stereocenters. The molecule has 5 rings (SSSR count). The van der Waals surface area contributed by atoms with Gasteiger partial charge in [0.1, 0.15) is 12.6 Å². The van der Waals surface area contributed by atoms with Crippen molar-refractivity contribution in [3.05, 3.63) is 130 Å². The fraction of sp³-hybridized carbons (Fsp3) is 0.278. The molecule has 4 aromatic carbocycles. The lowest BCUT2D eigenvalue weighted by molar-refractivity contribution is -0.140. The summed E-state index contributed by atoms with van der Waals surface area (Å²) in [6, 6.07) is 28.8. The molecule has 1 aliphatic carbocycles. The van der Waals surface area contributed by atoms with Crippen molar-refractivity contribution in [3.8, 4) is 0 Å². The van der Waals surface area contributed by atoms with Crippen LogP contribution in [0.25, 0.3) is 0 Å². The second-order valence-corrected chi connectivity index (χ2v) is 14.2. The van der Waals surface area contributed by atoms with Gasteiger partial charge in [-0.3, -0.25) is 13.9 Å². The molecular weight excluding hydrogens is 641 g/mol. The number of hydrogen-bond donors (Lipinski definition) is 1. The van der Waals surface area contributed by atoms with E-state index in [0.717, 1.165) is 46.7 Å². The molecule has 10 heteroatoms. The van der Waals surface area contributed by atoms with Crippen LogP contribution < -0.4 is 9.62 Å². The zero-order valence-corrected chi connectivity index (χ0v) is 27.9. The molecule has 0 aromatic heterocycles. The van der Waals surface area contributed by atoms with Gasteiger partial charge >= 0.3 is 0 Å². The topological polar surface area (TPSA) is 86.8 Å². The fourth-order valence-corrected chi connectivity index (χ4v) is 7.71. The minimum atomic E-state index is -4.28. The van der Waals surface area contributed by atoms with Crippen LogP contribution in [0.1, 0.15) is 42.4 Å². The molecule has 0 radical (unpaired) electrons. The highest BCUT2D eigenvalue weighted by Crippen LogP contribution is 2.35. The van der Waals surface area contributed by atoms with E-state index < -0.39 is 28.5 Å². The minimum absolute atomic E-state index is 0.00161. The van der Waals surface area contributed by atoms with E-state index in [-0.39, 0.29) is 45.5 Å². The van der Waals surface area contributed by atoms with Crippen molar-refractivity contribution in [2.24, 2.45) is 0 Å². The summed E-state index contributed by atoms with van der Waals surface area (Å²) in [6.45, 7) is 1.44. The van der Waals surface area contributed by atoms with E-state index >= 15 is 0 Å². The average molecular weight is 679 g/mol. The number of nitrogens with one attached hydrogen (secondary N) is 1. The Morgan fingerprint density at radius 2 is 1.48 bits per heavy atom. The number of sulfonamides is 1. The van der Waals surface area contributed by atoms with E-state index in [4.69, 9.17) is 23.2 Å². The van der Waals surface area contributed by atoms with Gasteiger partial charge in [-0.15, -0.1) is 0 Å². The number of nitrogens with zero attached hydrogens (tertiary/aromatic N) is 2. The van der Waals surface area contributed by atoms with Crippen LogP contribution in [-0.4, -0.2) is 43.8 Å². The Kier molecular flexibility index (Phi) is 11.0. The summed E-state index contributed by atoms with van der Waals surface area (Å²) in [6.07, 6.45) is 4.08. The van der Waals surface area contributed by atoms with Crippen LogP contribution in [0.3, 0.4) is 0 Å². The summed E-state index contributed by atoms with van der Waals surface area (Å²) >= 11 is 12.9. The summed E-state index contributed by atoms with van der Waals surface area (Å²) in [7, 11) is -4.28. The Labute approximate surface area is 281 Å². The highest BCUT2D eigenvalue weighted by atomic mass is 35.5. The van der Waals surface area contributed by atoms with E-state index in [1.54, 1.807) is 30.3 Å². The third-order valence-electron chi connectivity index (χ3n) is 8.38.